The number of aliphatic hydroxyl groups excluding tert-OH is 1. The quantitative estimate of drug-likeness (QED) is 0.543. The summed E-state index contributed by atoms with van der Waals surface area (Å²) in [5, 5.41) is 12.7. The van der Waals surface area contributed by atoms with Gasteiger partial charge in [-0.25, -0.2) is 0 Å². The van der Waals surface area contributed by atoms with Gasteiger partial charge in [-0.05, 0) is 45.6 Å². The molecule has 0 saturated carbocycles. The predicted molar refractivity (Wildman–Crippen MR) is 73.7 cm³/mol. The van der Waals surface area contributed by atoms with Gasteiger partial charge < -0.3 is 15.2 Å². The van der Waals surface area contributed by atoms with Crippen molar-refractivity contribution in [3.8, 4) is 0 Å². The van der Waals surface area contributed by atoms with E-state index >= 15 is 0 Å². The zero-order chi connectivity index (χ0) is 15.5. The molecular formula is C14H28F3NO2. The Kier molecular flexibility index (Phi) is 10.2. The van der Waals surface area contributed by atoms with Crippen molar-refractivity contribution in [3.63, 3.8) is 0 Å². The molecule has 122 valence electrons. The second kappa shape index (κ2) is 10.4. The third kappa shape index (κ3) is 11.5. The van der Waals surface area contributed by atoms with Crippen molar-refractivity contribution in [1.82, 2.24) is 5.32 Å². The van der Waals surface area contributed by atoms with Crippen LogP contribution in [0.1, 0.15) is 52.4 Å². The number of halogens is 3. The standard InChI is InChI=1S/C14H28F3NO2/c1-3-9-18-13(2,12-19)7-4-5-10-20-11-6-8-14(15,16)17/h18-19H,3-12H2,1-2H3. The minimum Gasteiger partial charge on any atom is -0.394 e. The molecule has 2 N–H and O–H groups in total. The number of rotatable bonds is 12. The average Bonchev–Trinajstić information content (AvgIpc) is 2.38. The number of ether oxygens (including phenoxy) is 1. The van der Waals surface area contributed by atoms with Crippen LogP contribution in [0.15, 0.2) is 0 Å². The lowest BCUT2D eigenvalue weighted by molar-refractivity contribution is -0.137. The summed E-state index contributed by atoms with van der Waals surface area (Å²) >= 11 is 0. The first-order valence-corrected chi connectivity index (χ1v) is 7.33. The number of nitrogens with one attached hydrogen (secondary N) is 1. The van der Waals surface area contributed by atoms with Gasteiger partial charge in [-0.3, -0.25) is 0 Å². The summed E-state index contributed by atoms with van der Waals surface area (Å²) in [6.45, 7) is 5.63. The molecule has 0 aliphatic rings. The topological polar surface area (TPSA) is 41.5 Å². The van der Waals surface area contributed by atoms with Gasteiger partial charge in [-0.2, -0.15) is 13.2 Å². The molecular weight excluding hydrogens is 271 g/mol. The molecule has 0 rings (SSSR count). The van der Waals surface area contributed by atoms with Gasteiger partial charge >= 0.3 is 6.18 Å². The summed E-state index contributed by atoms with van der Waals surface area (Å²) in [7, 11) is 0. The summed E-state index contributed by atoms with van der Waals surface area (Å²) in [6, 6.07) is 0. The first kappa shape index (κ1) is 19.7. The lowest BCUT2D eigenvalue weighted by Crippen LogP contribution is -2.46. The number of hydrogen-bond donors (Lipinski definition) is 2. The molecule has 0 aromatic rings. The Balaban J connectivity index is 3.51. The van der Waals surface area contributed by atoms with E-state index in [1.54, 1.807) is 0 Å². The smallest absolute Gasteiger partial charge is 0.389 e. The molecule has 0 spiro atoms. The van der Waals surface area contributed by atoms with E-state index in [9.17, 15) is 18.3 Å². The highest BCUT2D eigenvalue weighted by Gasteiger charge is 2.26. The van der Waals surface area contributed by atoms with Gasteiger partial charge in [0, 0.05) is 25.2 Å². The first-order chi connectivity index (χ1) is 9.33. The largest absolute Gasteiger partial charge is 0.394 e. The van der Waals surface area contributed by atoms with E-state index < -0.39 is 12.6 Å². The average molecular weight is 299 g/mol. The van der Waals surface area contributed by atoms with Crippen LogP contribution in [-0.2, 0) is 4.74 Å². The lowest BCUT2D eigenvalue weighted by atomic mass is 9.95. The second-order valence-corrected chi connectivity index (χ2v) is 5.43. The van der Waals surface area contributed by atoms with E-state index in [4.69, 9.17) is 4.74 Å². The van der Waals surface area contributed by atoms with Crippen molar-refractivity contribution in [2.75, 3.05) is 26.4 Å². The fraction of sp³-hybridized carbons (Fsp3) is 1.00. The molecule has 0 saturated heterocycles. The van der Waals surface area contributed by atoms with Crippen molar-refractivity contribution in [3.05, 3.63) is 0 Å². The zero-order valence-electron chi connectivity index (χ0n) is 12.6. The molecule has 0 aromatic carbocycles. The van der Waals surface area contributed by atoms with Gasteiger partial charge in [0.2, 0.25) is 0 Å². The molecule has 0 heterocycles. The molecule has 0 fully saturated rings. The van der Waals surface area contributed by atoms with Gasteiger partial charge in [-0.15, -0.1) is 0 Å². The number of alkyl halides is 3. The molecule has 1 atom stereocenters. The van der Waals surface area contributed by atoms with Gasteiger partial charge in [0.05, 0.1) is 6.61 Å². The van der Waals surface area contributed by atoms with E-state index in [1.165, 1.54) is 0 Å². The van der Waals surface area contributed by atoms with Gasteiger partial charge in [-0.1, -0.05) is 6.92 Å². The summed E-state index contributed by atoms with van der Waals surface area (Å²) < 4.78 is 40.8. The van der Waals surface area contributed by atoms with Crippen molar-refractivity contribution in [1.29, 1.82) is 0 Å². The molecule has 0 radical (unpaired) electrons. The minimum absolute atomic E-state index is 0.0237. The third-order valence-electron chi connectivity index (χ3n) is 3.17. The molecule has 0 amide bonds. The SMILES string of the molecule is CCCNC(C)(CO)CCCCOCCCC(F)(F)F. The minimum atomic E-state index is -4.09. The van der Waals surface area contributed by atoms with Crippen molar-refractivity contribution < 1.29 is 23.0 Å². The Bertz CT molecular complexity index is 237. The maximum Gasteiger partial charge on any atom is 0.389 e. The van der Waals surface area contributed by atoms with E-state index in [0.29, 0.717) is 6.61 Å². The molecule has 20 heavy (non-hydrogen) atoms. The summed E-state index contributed by atoms with van der Waals surface area (Å²) in [5.41, 5.74) is -0.272. The molecule has 0 aliphatic carbocycles. The van der Waals surface area contributed by atoms with Gasteiger partial charge in [0.1, 0.15) is 0 Å². The van der Waals surface area contributed by atoms with E-state index in [0.717, 1.165) is 32.2 Å². The fourth-order valence-electron chi connectivity index (χ4n) is 1.85. The van der Waals surface area contributed by atoms with Crippen LogP contribution in [0.5, 0.6) is 0 Å². The van der Waals surface area contributed by atoms with E-state index in [2.05, 4.69) is 12.2 Å². The molecule has 6 heteroatoms. The zero-order valence-corrected chi connectivity index (χ0v) is 12.6. The van der Waals surface area contributed by atoms with Crippen molar-refractivity contribution in [2.24, 2.45) is 0 Å². The van der Waals surface area contributed by atoms with Crippen LogP contribution in [-0.4, -0.2) is 43.2 Å². The number of hydrogen-bond acceptors (Lipinski definition) is 3. The summed E-state index contributed by atoms with van der Waals surface area (Å²) in [6.07, 6.45) is -1.32. The summed E-state index contributed by atoms with van der Waals surface area (Å²) in [5.74, 6) is 0. The highest BCUT2D eigenvalue weighted by Crippen LogP contribution is 2.21. The Hall–Kier alpha value is -0.330. The van der Waals surface area contributed by atoms with Crippen LogP contribution in [0, 0.1) is 0 Å². The van der Waals surface area contributed by atoms with Crippen LogP contribution < -0.4 is 5.32 Å². The van der Waals surface area contributed by atoms with Crippen LogP contribution in [0.25, 0.3) is 0 Å². The Morgan fingerprint density at radius 2 is 1.70 bits per heavy atom. The van der Waals surface area contributed by atoms with Crippen molar-refractivity contribution >= 4 is 0 Å². The lowest BCUT2D eigenvalue weighted by Gasteiger charge is -2.28. The summed E-state index contributed by atoms with van der Waals surface area (Å²) in [4.78, 5) is 0. The number of unbranched alkanes of at least 4 members (excludes halogenated alkanes) is 1. The van der Waals surface area contributed by atoms with Gasteiger partial charge in [0.15, 0.2) is 0 Å². The molecule has 0 bridgehead atoms. The fourth-order valence-corrected chi connectivity index (χ4v) is 1.85. The van der Waals surface area contributed by atoms with Crippen LogP contribution in [0.2, 0.25) is 0 Å². The van der Waals surface area contributed by atoms with Crippen molar-refractivity contribution in [2.45, 2.75) is 64.1 Å². The van der Waals surface area contributed by atoms with Crippen LogP contribution in [0.4, 0.5) is 13.2 Å². The third-order valence-corrected chi connectivity index (χ3v) is 3.17. The monoisotopic (exact) mass is 299 g/mol. The van der Waals surface area contributed by atoms with Gasteiger partial charge in [0.25, 0.3) is 0 Å². The highest BCUT2D eigenvalue weighted by atomic mass is 19.4. The molecule has 3 nitrogen and oxygen atoms in total. The first-order valence-electron chi connectivity index (χ1n) is 7.33. The molecule has 0 aromatic heterocycles. The Morgan fingerprint density at radius 1 is 1.05 bits per heavy atom. The Labute approximate surface area is 119 Å². The van der Waals surface area contributed by atoms with Crippen LogP contribution in [0.3, 0.4) is 0 Å². The predicted octanol–water partition coefficient (Wildman–Crippen LogP) is 3.27. The van der Waals surface area contributed by atoms with E-state index in [-0.39, 0.29) is 25.2 Å². The second-order valence-electron chi connectivity index (χ2n) is 5.43. The maximum atomic E-state index is 11.9. The number of aliphatic hydroxyl groups is 1. The normalized spacial score (nSPS) is 15.3. The molecule has 0 aliphatic heterocycles. The maximum absolute atomic E-state index is 11.9. The molecule has 1 unspecified atom stereocenters. The van der Waals surface area contributed by atoms with Crippen LogP contribution >= 0.6 is 0 Å². The highest BCUT2D eigenvalue weighted by molar-refractivity contribution is 4.81. The van der Waals surface area contributed by atoms with E-state index in [1.807, 2.05) is 6.92 Å². The Morgan fingerprint density at radius 3 is 2.25 bits per heavy atom.